The van der Waals surface area contributed by atoms with E-state index >= 15 is 0 Å². The largest absolute Gasteiger partial charge is 0.384 e. The Morgan fingerprint density at radius 3 is 2.33 bits per heavy atom. The normalized spacial score (nSPS) is 36.7. The number of carbonyl (C=O) groups is 1. The minimum absolute atomic E-state index is 0.0155. The van der Waals surface area contributed by atoms with Gasteiger partial charge >= 0.3 is 0 Å². The first-order valence-corrected chi connectivity index (χ1v) is 8.12. The van der Waals surface area contributed by atoms with E-state index in [1.807, 2.05) is 0 Å². The van der Waals surface area contributed by atoms with Crippen molar-refractivity contribution in [2.24, 2.45) is 23.2 Å². The summed E-state index contributed by atoms with van der Waals surface area (Å²) in [5.74, 6) is 3.20. The molecule has 1 aromatic rings. The van der Waals surface area contributed by atoms with Crippen LogP contribution in [0.25, 0.3) is 0 Å². The lowest BCUT2D eigenvalue weighted by atomic mass is 9.49. The molecule has 0 atom stereocenters. The molecular weight excluding hydrogens is 262 g/mol. The monoisotopic (exact) mass is 285 g/mol. The molecule has 112 valence electrons. The summed E-state index contributed by atoms with van der Waals surface area (Å²) in [5.41, 5.74) is 6.55. The fourth-order valence-corrected chi connectivity index (χ4v) is 5.42. The first-order valence-electron chi connectivity index (χ1n) is 8.12. The summed E-state index contributed by atoms with van der Waals surface area (Å²) in [4.78, 5) is 16.2. The van der Waals surface area contributed by atoms with Gasteiger partial charge in [-0.15, -0.1) is 0 Å². The van der Waals surface area contributed by atoms with Gasteiger partial charge in [0.1, 0.15) is 5.82 Å². The summed E-state index contributed by atoms with van der Waals surface area (Å²) in [6.45, 7) is 0.833. The Morgan fingerprint density at radius 2 is 1.81 bits per heavy atom. The van der Waals surface area contributed by atoms with Gasteiger partial charge in [-0.1, -0.05) is 0 Å². The van der Waals surface area contributed by atoms with E-state index in [2.05, 4.69) is 10.3 Å². The zero-order chi connectivity index (χ0) is 14.4. The van der Waals surface area contributed by atoms with Gasteiger partial charge in [0.25, 0.3) is 5.91 Å². The van der Waals surface area contributed by atoms with Crippen LogP contribution in [0.15, 0.2) is 18.3 Å². The van der Waals surface area contributed by atoms with Crippen molar-refractivity contribution in [3.63, 3.8) is 0 Å². The molecule has 4 bridgehead atoms. The predicted octanol–water partition coefficient (Wildman–Crippen LogP) is 2.61. The van der Waals surface area contributed by atoms with Gasteiger partial charge in [0.2, 0.25) is 0 Å². The minimum Gasteiger partial charge on any atom is -0.384 e. The molecule has 4 aliphatic carbocycles. The number of amides is 1. The number of rotatable bonds is 3. The number of nitrogens with zero attached hydrogens (tertiary/aromatic N) is 1. The number of aromatic nitrogens is 1. The van der Waals surface area contributed by atoms with E-state index in [0.717, 1.165) is 24.3 Å². The molecule has 1 aromatic heterocycles. The molecule has 0 saturated heterocycles. The highest BCUT2D eigenvalue weighted by Crippen LogP contribution is 2.59. The van der Waals surface area contributed by atoms with Crippen molar-refractivity contribution in [2.45, 2.75) is 38.5 Å². The van der Waals surface area contributed by atoms with Crippen molar-refractivity contribution in [1.29, 1.82) is 0 Å². The Morgan fingerprint density at radius 1 is 1.19 bits per heavy atom. The maximum absolute atomic E-state index is 12.3. The summed E-state index contributed by atoms with van der Waals surface area (Å²) in [6.07, 6.45) is 9.83. The van der Waals surface area contributed by atoms with Gasteiger partial charge in [0, 0.05) is 12.7 Å². The average molecular weight is 285 g/mol. The summed E-state index contributed by atoms with van der Waals surface area (Å²) in [7, 11) is 0. The summed E-state index contributed by atoms with van der Waals surface area (Å²) >= 11 is 0. The molecule has 1 heterocycles. The van der Waals surface area contributed by atoms with Crippen LogP contribution in [-0.4, -0.2) is 17.4 Å². The number of pyridine rings is 1. The van der Waals surface area contributed by atoms with Gasteiger partial charge in [-0.2, -0.15) is 0 Å². The number of hydrogen-bond acceptors (Lipinski definition) is 3. The Labute approximate surface area is 125 Å². The van der Waals surface area contributed by atoms with E-state index in [0.29, 0.717) is 16.8 Å². The third-order valence-electron chi connectivity index (χ3n) is 5.84. The number of nitrogens with two attached hydrogens (primary N) is 1. The van der Waals surface area contributed by atoms with E-state index in [9.17, 15) is 4.79 Å². The molecule has 1 amide bonds. The Bertz CT molecular complexity index is 516. The highest BCUT2D eigenvalue weighted by molar-refractivity contribution is 5.94. The standard InChI is InChI=1S/C17H23N3O/c18-15-2-1-14(9-19-15)16(21)20-10-17-6-11-3-12(7-17)5-13(4-11)8-17/h1-2,9,11-13H,3-8,10H2,(H2,18,19)(H,20,21). The molecule has 21 heavy (non-hydrogen) atoms. The van der Waals surface area contributed by atoms with Crippen LogP contribution in [0.1, 0.15) is 48.9 Å². The molecule has 0 spiro atoms. The van der Waals surface area contributed by atoms with Crippen molar-refractivity contribution < 1.29 is 4.79 Å². The van der Waals surface area contributed by atoms with Crippen LogP contribution >= 0.6 is 0 Å². The second kappa shape index (κ2) is 4.72. The van der Waals surface area contributed by atoms with Crippen LogP contribution in [0.4, 0.5) is 5.82 Å². The molecule has 4 aliphatic rings. The average Bonchev–Trinajstić information content (AvgIpc) is 2.44. The Kier molecular flexibility index (Phi) is 2.95. The second-order valence-corrected chi connectivity index (χ2v) is 7.57. The summed E-state index contributed by atoms with van der Waals surface area (Å²) in [5, 5.41) is 3.16. The van der Waals surface area contributed by atoms with Crippen LogP contribution in [-0.2, 0) is 0 Å². The number of hydrogen-bond donors (Lipinski definition) is 2. The van der Waals surface area contributed by atoms with Gasteiger partial charge in [-0.25, -0.2) is 4.98 Å². The molecular formula is C17H23N3O. The third kappa shape index (κ3) is 2.41. The summed E-state index contributed by atoms with van der Waals surface area (Å²) < 4.78 is 0. The van der Waals surface area contributed by atoms with Crippen LogP contribution in [0, 0.1) is 23.2 Å². The summed E-state index contributed by atoms with van der Waals surface area (Å²) in [6, 6.07) is 3.43. The van der Waals surface area contributed by atoms with Crippen molar-refractivity contribution in [2.75, 3.05) is 12.3 Å². The highest BCUT2D eigenvalue weighted by atomic mass is 16.1. The van der Waals surface area contributed by atoms with E-state index < -0.39 is 0 Å². The van der Waals surface area contributed by atoms with Gasteiger partial charge < -0.3 is 11.1 Å². The SMILES string of the molecule is Nc1ccc(C(=O)NCC23CC4CC(CC(C4)C2)C3)cn1. The molecule has 0 aliphatic heterocycles. The first-order chi connectivity index (χ1) is 10.1. The quantitative estimate of drug-likeness (QED) is 0.897. The van der Waals surface area contributed by atoms with Crippen LogP contribution < -0.4 is 11.1 Å². The smallest absolute Gasteiger partial charge is 0.252 e. The van der Waals surface area contributed by atoms with Crippen LogP contribution in [0.5, 0.6) is 0 Å². The fraction of sp³-hybridized carbons (Fsp3) is 0.647. The Balaban J connectivity index is 1.42. The predicted molar refractivity (Wildman–Crippen MR) is 81.6 cm³/mol. The van der Waals surface area contributed by atoms with Crippen LogP contribution in [0.2, 0.25) is 0 Å². The third-order valence-corrected chi connectivity index (χ3v) is 5.84. The lowest BCUT2D eigenvalue weighted by molar-refractivity contribution is -0.0503. The van der Waals surface area contributed by atoms with E-state index in [4.69, 9.17) is 5.73 Å². The molecule has 4 fully saturated rings. The van der Waals surface area contributed by atoms with Crippen molar-refractivity contribution >= 4 is 11.7 Å². The maximum atomic E-state index is 12.3. The highest BCUT2D eigenvalue weighted by Gasteiger charge is 2.50. The number of nitrogen functional groups attached to an aromatic ring is 1. The fourth-order valence-electron chi connectivity index (χ4n) is 5.42. The molecule has 3 N–H and O–H groups in total. The molecule has 4 heteroatoms. The van der Waals surface area contributed by atoms with Crippen molar-refractivity contribution in [3.05, 3.63) is 23.9 Å². The van der Waals surface area contributed by atoms with E-state index in [1.165, 1.54) is 38.5 Å². The number of anilines is 1. The second-order valence-electron chi connectivity index (χ2n) is 7.57. The molecule has 4 saturated carbocycles. The van der Waals surface area contributed by atoms with Crippen molar-refractivity contribution in [1.82, 2.24) is 10.3 Å². The minimum atomic E-state index is -0.0155. The molecule has 5 rings (SSSR count). The Hall–Kier alpha value is -1.58. The molecule has 0 unspecified atom stereocenters. The molecule has 4 nitrogen and oxygen atoms in total. The zero-order valence-electron chi connectivity index (χ0n) is 12.3. The lowest BCUT2D eigenvalue weighted by Gasteiger charge is -2.56. The van der Waals surface area contributed by atoms with Gasteiger partial charge in [0.15, 0.2) is 0 Å². The van der Waals surface area contributed by atoms with E-state index in [-0.39, 0.29) is 5.91 Å². The lowest BCUT2D eigenvalue weighted by Crippen LogP contribution is -2.51. The topological polar surface area (TPSA) is 68.0 Å². The van der Waals surface area contributed by atoms with Crippen molar-refractivity contribution in [3.8, 4) is 0 Å². The number of nitrogens with one attached hydrogen (secondary N) is 1. The van der Waals surface area contributed by atoms with Crippen LogP contribution in [0.3, 0.4) is 0 Å². The van der Waals surface area contributed by atoms with Gasteiger partial charge in [-0.3, -0.25) is 4.79 Å². The van der Waals surface area contributed by atoms with E-state index in [1.54, 1.807) is 18.3 Å². The molecule has 0 radical (unpaired) electrons. The first kappa shape index (κ1) is 13.1. The van der Waals surface area contributed by atoms with Gasteiger partial charge in [-0.05, 0) is 73.8 Å². The number of carbonyl (C=O) groups excluding carboxylic acids is 1. The maximum Gasteiger partial charge on any atom is 0.252 e. The molecule has 0 aromatic carbocycles. The zero-order valence-corrected chi connectivity index (χ0v) is 12.3. The van der Waals surface area contributed by atoms with Gasteiger partial charge in [0.05, 0.1) is 5.56 Å².